The molecule has 1 aliphatic rings. The molecule has 0 saturated heterocycles. The first-order chi connectivity index (χ1) is 12.6. The van der Waals surface area contributed by atoms with Gasteiger partial charge in [0.1, 0.15) is 0 Å². The number of nitrogens with one attached hydrogen (secondary N) is 3. The van der Waals surface area contributed by atoms with E-state index in [9.17, 15) is 19.2 Å². The summed E-state index contributed by atoms with van der Waals surface area (Å²) in [5.74, 6) is -0.728. The lowest BCUT2D eigenvalue weighted by Gasteiger charge is -2.29. The standard InChI is InChI=1S/C18H24N4O5/c1-5-27-17(26)20-9-8-19-16(25)21-11-6-7-12-13(10-11)15(24)22(14(12)23)18(2,3)4/h6-7,10H,5,8-9H2,1-4H3,(H,20,26)(H2,19,21,25). The topological polar surface area (TPSA) is 117 Å². The van der Waals surface area contributed by atoms with Gasteiger partial charge < -0.3 is 20.7 Å². The SMILES string of the molecule is CCOC(=O)NCCNC(=O)Nc1ccc2c(c1)C(=O)N(C(C)(C)C)C2=O. The highest BCUT2D eigenvalue weighted by molar-refractivity contribution is 6.22. The summed E-state index contributed by atoms with van der Waals surface area (Å²) in [5.41, 5.74) is 0.335. The summed E-state index contributed by atoms with van der Waals surface area (Å²) >= 11 is 0. The van der Waals surface area contributed by atoms with Crippen molar-refractivity contribution in [2.75, 3.05) is 25.0 Å². The molecule has 3 N–H and O–H groups in total. The summed E-state index contributed by atoms with van der Waals surface area (Å²) in [6.45, 7) is 7.73. The lowest BCUT2D eigenvalue weighted by molar-refractivity contribution is 0.0507. The first-order valence-electron chi connectivity index (χ1n) is 8.63. The molecule has 1 aromatic rings. The molecule has 0 radical (unpaired) electrons. The number of hydrogen-bond donors (Lipinski definition) is 3. The van der Waals surface area contributed by atoms with Gasteiger partial charge in [0, 0.05) is 24.3 Å². The number of carbonyl (C=O) groups is 4. The minimum Gasteiger partial charge on any atom is -0.450 e. The zero-order chi connectivity index (χ0) is 20.2. The quantitative estimate of drug-likeness (QED) is 0.536. The Morgan fingerprint density at radius 2 is 1.67 bits per heavy atom. The van der Waals surface area contributed by atoms with Crippen molar-refractivity contribution in [1.82, 2.24) is 15.5 Å². The van der Waals surface area contributed by atoms with E-state index in [2.05, 4.69) is 16.0 Å². The highest BCUT2D eigenvalue weighted by Gasteiger charge is 2.41. The van der Waals surface area contributed by atoms with E-state index in [4.69, 9.17) is 4.74 Å². The van der Waals surface area contributed by atoms with E-state index < -0.39 is 17.7 Å². The van der Waals surface area contributed by atoms with Crippen LogP contribution in [0.4, 0.5) is 15.3 Å². The van der Waals surface area contributed by atoms with Crippen LogP contribution in [0.2, 0.25) is 0 Å². The van der Waals surface area contributed by atoms with E-state index in [-0.39, 0.29) is 37.1 Å². The van der Waals surface area contributed by atoms with Gasteiger partial charge >= 0.3 is 12.1 Å². The number of carbonyl (C=O) groups excluding carboxylic acids is 4. The van der Waals surface area contributed by atoms with Crippen LogP contribution in [0.25, 0.3) is 0 Å². The number of imide groups is 1. The van der Waals surface area contributed by atoms with Crippen LogP contribution in [0.5, 0.6) is 0 Å². The monoisotopic (exact) mass is 376 g/mol. The van der Waals surface area contributed by atoms with Gasteiger partial charge in [0.15, 0.2) is 0 Å². The second kappa shape index (κ2) is 8.07. The predicted molar refractivity (Wildman–Crippen MR) is 98.7 cm³/mol. The Balaban J connectivity index is 1.94. The third kappa shape index (κ3) is 4.75. The summed E-state index contributed by atoms with van der Waals surface area (Å²) in [4.78, 5) is 49.2. The second-order valence-electron chi connectivity index (χ2n) is 6.91. The predicted octanol–water partition coefficient (Wildman–Crippen LogP) is 1.95. The Morgan fingerprint density at radius 1 is 1.04 bits per heavy atom. The normalized spacial score (nSPS) is 13.3. The van der Waals surface area contributed by atoms with Gasteiger partial charge in [-0.25, -0.2) is 9.59 Å². The van der Waals surface area contributed by atoms with Crippen LogP contribution in [-0.4, -0.2) is 54.1 Å². The van der Waals surface area contributed by atoms with Crippen LogP contribution in [0.1, 0.15) is 48.4 Å². The van der Waals surface area contributed by atoms with Crippen LogP contribution in [0, 0.1) is 0 Å². The molecule has 5 amide bonds. The molecule has 0 atom stereocenters. The third-order valence-electron chi connectivity index (χ3n) is 3.77. The maximum absolute atomic E-state index is 12.5. The van der Waals surface area contributed by atoms with Gasteiger partial charge in [-0.3, -0.25) is 14.5 Å². The molecular formula is C18H24N4O5. The fraction of sp³-hybridized carbons (Fsp3) is 0.444. The maximum atomic E-state index is 12.5. The van der Waals surface area contributed by atoms with Crippen molar-refractivity contribution < 1.29 is 23.9 Å². The number of ether oxygens (including phenoxy) is 1. The first-order valence-corrected chi connectivity index (χ1v) is 8.63. The van der Waals surface area contributed by atoms with Crippen molar-refractivity contribution in [3.63, 3.8) is 0 Å². The zero-order valence-electron chi connectivity index (χ0n) is 15.8. The molecular weight excluding hydrogens is 352 g/mol. The molecule has 1 aliphatic heterocycles. The van der Waals surface area contributed by atoms with Crippen molar-refractivity contribution in [3.05, 3.63) is 29.3 Å². The van der Waals surface area contributed by atoms with E-state index in [0.717, 1.165) is 0 Å². The number of amides is 5. The molecule has 9 heteroatoms. The number of alkyl carbamates (subject to hydrolysis) is 1. The summed E-state index contributed by atoms with van der Waals surface area (Å²) < 4.78 is 4.70. The van der Waals surface area contributed by atoms with Gasteiger partial charge in [0.2, 0.25) is 0 Å². The van der Waals surface area contributed by atoms with Crippen LogP contribution >= 0.6 is 0 Å². The molecule has 0 spiro atoms. The highest BCUT2D eigenvalue weighted by atomic mass is 16.5. The Morgan fingerprint density at radius 3 is 2.30 bits per heavy atom. The van der Waals surface area contributed by atoms with Crippen molar-refractivity contribution in [2.24, 2.45) is 0 Å². The summed E-state index contributed by atoms with van der Waals surface area (Å²) in [6.07, 6.45) is -0.551. The van der Waals surface area contributed by atoms with Crippen molar-refractivity contribution in [3.8, 4) is 0 Å². The van der Waals surface area contributed by atoms with E-state index in [1.54, 1.807) is 33.8 Å². The Hall–Kier alpha value is -3.10. The third-order valence-corrected chi connectivity index (χ3v) is 3.77. The average molecular weight is 376 g/mol. The molecule has 1 aromatic carbocycles. The van der Waals surface area contributed by atoms with Gasteiger partial charge in [-0.1, -0.05) is 0 Å². The highest BCUT2D eigenvalue weighted by Crippen LogP contribution is 2.30. The van der Waals surface area contributed by atoms with E-state index >= 15 is 0 Å². The Kier molecular flexibility index (Phi) is 6.04. The molecule has 0 aliphatic carbocycles. The fourth-order valence-corrected chi connectivity index (χ4v) is 2.63. The van der Waals surface area contributed by atoms with E-state index in [0.29, 0.717) is 11.3 Å². The average Bonchev–Trinajstić information content (AvgIpc) is 2.82. The Labute approximate surface area is 157 Å². The van der Waals surface area contributed by atoms with Crippen molar-refractivity contribution in [1.29, 1.82) is 0 Å². The molecule has 0 unspecified atom stereocenters. The minimum atomic E-state index is -0.635. The van der Waals surface area contributed by atoms with Crippen molar-refractivity contribution in [2.45, 2.75) is 33.2 Å². The van der Waals surface area contributed by atoms with Crippen LogP contribution < -0.4 is 16.0 Å². The van der Waals surface area contributed by atoms with Crippen LogP contribution in [0.3, 0.4) is 0 Å². The first kappa shape index (κ1) is 20.2. The minimum absolute atomic E-state index is 0.199. The number of benzene rings is 1. The maximum Gasteiger partial charge on any atom is 0.407 e. The van der Waals surface area contributed by atoms with Gasteiger partial charge in [-0.05, 0) is 45.9 Å². The Bertz CT molecular complexity index is 770. The number of anilines is 1. The van der Waals surface area contributed by atoms with Gasteiger partial charge in [0.25, 0.3) is 11.8 Å². The zero-order valence-corrected chi connectivity index (χ0v) is 15.8. The largest absolute Gasteiger partial charge is 0.450 e. The van der Waals surface area contributed by atoms with Gasteiger partial charge in [-0.15, -0.1) is 0 Å². The smallest absolute Gasteiger partial charge is 0.407 e. The molecule has 0 aromatic heterocycles. The number of nitrogens with zero attached hydrogens (tertiary/aromatic N) is 1. The summed E-state index contributed by atoms with van der Waals surface area (Å²) in [5, 5.41) is 7.64. The molecule has 0 saturated carbocycles. The molecule has 0 bridgehead atoms. The number of fused-ring (bicyclic) bond motifs is 1. The van der Waals surface area contributed by atoms with Gasteiger partial charge in [0.05, 0.1) is 17.7 Å². The van der Waals surface area contributed by atoms with Crippen LogP contribution in [-0.2, 0) is 4.74 Å². The van der Waals surface area contributed by atoms with Crippen molar-refractivity contribution >= 4 is 29.6 Å². The van der Waals surface area contributed by atoms with E-state index in [1.165, 1.54) is 17.0 Å². The number of hydrogen-bond acceptors (Lipinski definition) is 5. The van der Waals surface area contributed by atoms with Crippen LogP contribution in [0.15, 0.2) is 18.2 Å². The molecule has 1 heterocycles. The number of urea groups is 1. The molecule has 2 rings (SSSR count). The molecule has 9 nitrogen and oxygen atoms in total. The lowest BCUT2D eigenvalue weighted by Crippen LogP contribution is -2.45. The van der Waals surface area contributed by atoms with E-state index in [1.807, 2.05) is 0 Å². The summed E-state index contributed by atoms with van der Waals surface area (Å²) in [7, 11) is 0. The van der Waals surface area contributed by atoms with Gasteiger partial charge in [-0.2, -0.15) is 0 Å². The lowest BCUT2D eigenvalue weighted by atomic mass is 10.1. The molecule has 146 valence electrons. The second-order valence-corrected chi connectivity index (χ2v) is 6.91. The number of rotatable bonds is 5. The molecule has 0 fully saturated rings. The fourth-order valence-electron chi connectivity index (χ4n) is 2.63. The summed E-state index contributed by atoms with van der Waals surface area (Å²) in [6, 6.07) is 4.08. The molecule has 27 heavy (non-hydrogen) atoms.